The van der Waals surface area contributed by atoms with Crippen molar-refractivity contribution in [1.29, 1.82) is 0 Å². The average molecular weight is 504 g/mol. The van der Waals surface area contributed by atoms with E-state index < -0.39 is 0 Å². The van der Waals surface area contributed by atoms with Crippen LogP contribution in [0.1, 0.15) is 60.2 Å². The molecule has 4 rings (SSSR count). The van der Waals surface area contributed by atoms with Gasteiger partial charge in [-0.3, -0.25) is 9.59 Å². The molecule has 0 aliphatic carbocycles. The van der Waals surface area contributed by atoms with E-state index in [-0.39, 0.29) is 36.7 Å². The highest BCUT2D eigenvalue weighted by atomic mass is 16.5. The highest BCUT2D eigenvalue weighted by Crippen LogP contribution is 2.38. The molecular weight excluding hydrogens is 466 g/mol. The van der Waals surface area contributed by atoms with Crippen LogP contribution in [0.3, 0.4) is 0 Å². The Bertz CT molecular complexity index is 1200. The number of ether oxygens (including phenoxy) is 1. The van der Waals surface area contributed by atoms with Crippen LogP contribution in [0.5, 0.6) is 0 Å². The average Bonchev–Trinajstić information content (AvgIpc) is 2.90. The zero-order chi connectivity index (χ0) is 26.5. The third-order valence-corrected chi connectivity index (χ3v) is 7.38. The van der Waals surface area contributed by atoms with Crippen molar-refractivity contribution in [2.75, 3.05) is 39.3 Å². The molecule has 2 aromatic rings. The maximum absolute atomic E-state index is 13.4. The predicted molar refractivity (Wildman–Crippen MR) is 143 cm³/mol. The minimum atomic E-state index is -0.390. The summed E-state index contributed by atoms with van der Waals surface area (Å²) in [6.07, 6.45) is 0.190. The molecule has 0 N–H and O–H groups in total. The van der Waals surface area contributed by atoms with Gasteiger partial charge in [0.25, 0.3) is 5.91 Å². The van der Waals surface area contributed by atoms with Crippen LogP contribution in [0, 0.1) is 6.92 Å². The second-order valence-corrected chi connectivity index (χ2v) is 9.80. The van der Waals surface area contributed by atoms with E-state index in [9.17, 15) is 14.4 Å². The first-order valence-electron chi connectivity index (χ1n) is 13.2. The van der Waals surface area contributed by atoms with Crippen LogP contribution < -0.4 is 0 Å². The quantitative estimate of drug-likeness (QED) is 0.532. The van der Waals surface area contributed by atoms with Crippen LogP contribution in [0.15, 0.2) is 59.8 Å². The lowest BCUT2D eigenvalue weighted by Gasteiger charge is -2.35. The van der Waals surface area contributed by atoms with E-state index in [0.29, 0.717) is 36.5 Å². The van der Waals surface area contributed by atoms with Crippen LogP contribution in [0.2, 0.25) is 0 Å². The van der Waals surface area contributed by atoms with Gasteiger partial charge in [0.1, 0.15) is 0 Å². The Morgan fingerprint density at radius 2 is 1.70 bits per heavy atom. The van der Waals surface area contributed by atoms with E-state index in [1.807, 2.05) is 67.3 Å². The maximum Gasteiger partial charge on any atom is 0.336 e. The molecule has 0 bridgehead atoms. The molecule has 2 heterocycles. The Morgan fingerprint density at radius 1 is 0.973 bits per heavy atom. The number of carbonyl (C=O) groups is 3. The highest BCUT2D eigenvalue weighted by molar-refractivity contribution is 5.96. The summed E-state index contributed by atoms with van der Waals surface area (Å²) in [5.74, 6) is -0.775. The first kappa shape index (κ1) is 26.6. The van der Waals surface area contributed by atoms with Gasteiger partial charge in [-0.15, -0.1) is 0 Å². The highest BCUT2D eigenvalue weighted by Gasteiger charge is 2.37. The van der Waals surface area contributed by atoms with Crippen LogP contribution in [0.25, 0.3) is 0 Å². The van der Waals surface area contributed by atoms with Gasteiger partial charge >= 0.3 is 5.97 Å². The molecular formula is C30H37N3O4. The third-order valence-electron chi connectivity index (χ3n) is 7.38. The largest absolute Gasteiger partial charge is 0.463 e. The summed E-state index contributed by atoms with van der Waals surface area (Å²) in [6.45, 7) is 12.5. The van der Waals surface area contributed by atoms with Gasteiger partial charge in [0.05, 0.1) is 18.7 Å². The molecule has 1 saturated heterocycles. The monoisotopic (exact) mass is 503 g/mol. The number of benzene rings is 2. The Balaban J connectivity index is 1.59. The number of likely N-dealkylation sites (N-methyl/N-ethyl adjacent to an activating group) is 1. The fraction of sp³-hybridized carbons (Fsp3) is 0.433. The second kappa shape index (κ2) is 11.7. The number of piperazine rings is 1. The fourth-order valence-corrected chi connectivity index (χ4v) is 5.28. The van der Waals surface area contributed by atoms with Gasteiger partial charge in [-0.1, -0.05) is 48.9 Å². The summed E-state index contributed by atoms with van der Waals surface area (Å²) < 4.78 is 5.41. The molecule has 7 nitrogen and oxygen atoms in total. The molecule has 7 heteroatoms. The van der Waals surface area contributed by atoms with Gasteiger partial charge in [0.2, 0.25) is 5.91 Å². The Morgan fingerprint density at radius 3 is 2.38 bits per heavy atom. The molecule has 1 atom stereocenters. The molecule has 2 amide bonds. The summed E-state index contributed by atoms with van der Waals surface area (Å²) in [6, 6.07) is 15.4. The molecule has 196 valence electrons. The number of esters is 1. The predicted octanol–water partition coefficient (Wildman–Crippen LogP) is 4.13. The first-order chi connectivity index (χ1) is 17.8. The Hall–Kier alpha value is -3.45. The van der Waals surface area contributed by atoms with Gasteiger partial charge in [-0.05, 0) is 50.6 Å². The Kier molecular flexibility index (Phi) is 8.44. The normalized spacial score (nSPS) is 18.8. The number of amides is 2. The summed E-state index contributed by atoms with van der Waals surface area (Å²) in [5, 5.41) is 0. The van der Waals surface area contributed by atoms with Gasteiger partial charge < -0.3 is 19.4 Å². The lowest BCUT2D eigenvalue weighted by Crippen LogP contribution is -2.48. The molecule has 1 fully saturated rings. The van der Waals surface area contributed by atoms with Crippen molar-refractivity contribution in [3.8, 4) is 0 Å². The summed E-state index contributed by atoms with van der Waals surface area (Å²) in [4.78, 5) is 45.5. The van der Waals surface area contributed by atoms with Gasteiger partial charge in [-0.2, -0.15) is 0 Å². The van der Waals surface area contributed by atoms with E-state index in [4.69, 9.17) is 4.74 Å². The summed E-state index contributed by atoms with van der Waals surface area (Å²) >= 11 is 0. The minimum Gasteiger partial charge on any atom is -0.463 e. The summed E-state index contributed by atoms with van der Waals surface area (Å²) in [5.41, 5.74) is 4.61. The van der Waals surface area contributed by atoms with E-state index in [1.165, 1.54) is 0 Å². The number of aryl methyl sites for hydroxylation is 1. The van der Waals surface area contributed by atoms with Crippen molar-refractivity contribution >= 4 is 17.8 Å². The minimum absolute atomic E-state index is 0.0153. The SMILES string of the molecule is CCOC(=O)C1=C(C)N(Cc2cccc(C(=O)N3CCN(CC)CC3)c2)C(=O)CC1c1cccc(C)c1. The van der Waals surface area contributed by atoms with Crippen molar-refractivity contribution in [2.45, 2.75) is 46.6 Å². The lowest BCUT2D eigenvalue weighted by atomic mass is 9.83. The molecule has 0 spiro atoms. The molecule has 37 heavy (non-hydrogen) atoms. The van der Waals surface area contributed by atoms with Crippen molar-refractivity contribution in [2.24, 2.45) is 0 Å². The molecule has 0 saturated carbocycles. The smallest absolute Gasteiger partial charge is 0.336 e. The zero-order valence-corrected chi connectivity index (χ0v) is 22.3. The standard InChI is InChI=1S/C30H37N3O4/c1-5-31-13-15-32(16-14-31)29(35)25-12-8-10-23(18-25)20-33-22(4)28(30(36)37-6-2)26(19-27(33)34)24-11-7-9-21(3)17-24/h7-12,17-18,26H,5-6,13-16,19-20H2,1-4H3. The molecule has 0 radical (unpaired) electrons. The molecule has 2 aliphatic rings. The molecule has 2 aliphatic heterocycles. The van der Waals surface area contributed by atoms with Crippen molar-refractivity contribution < 1.29 is 19.1 Å². The van der Waals surface area contributed by atoms with E-state index in [0.717, 1.165) is 36.3 Å². The number of hydrogen-bond donors (Lipinski definition) is 0. The van der Waals surface area contributed by atoms with Crippen molar-refractivity contribution in [3.63, 3.8) is 0 Å². The molecule has 0 aromatic heterocycles. The number of rotatable bonds is 7. The molecule has 2 aromatic carbocycles. The zero-order valence-electron chi connectivity index (χ0n) is 22.3. The van der Waals surface area contributed by atoms with E-state index >= 15 is 0 Å². The van der Waals surface area contributed by atoms with Crippen molar-refractivity contribution in [1.82, 2.24) is 14.7 Å². The summed E-state index contributed by atoms with van der Waals surface area (Å²) in [7, 11) is 0. The topological polar surface area (TPSA) is 70.2 Å². The van der Waals surface area contributed by atoms with Gasteiger partial charge in [-0.25, -0.2) is 4.79 Å². The van der Waals surface area contributed by atoms with Crippen LogP contribution >= 0.6 is 0 Å². The Labute approximate surface area is 219 Å². The van der Waals surface area contributed by atoms with Crippen LogP contribution in [-0.2, 0) is 20.9 Å². The third kappa shape index (κ3) is 5.93. The number of nitrogens with zero attached hydrogens (tertiary/aromatic N) is 3. The number of allylic oxidation sites excluding steroid dienone is 1. The van der Waals surface area contributed by atoms with E-state index in [1.54, 1.807) is 11.8 Å². The first-order valence-corrected chi connectivity index (χ1v) is 13.2. The number of hydrogen-bond acceptors (Lipinski definition) is 5. The van der Waals surface area contributed by atoms with Gasteiger partial charge in [0.15, 0.2) is 0 Å². The number of carbonyl (C=O) groups excluding carboxylic acids is 3. The van der Waals surface area contributed by atoms with Crippen LogP contribution in [0.4, 0.5) is 0 Å². The van der Waals surface area contributed by atoms with Crippen LogP contribution in [-0.4, -0.2) is 71.8 Å². The maximum atomic E-state index is 13.4. The van der Waals surface area contributed by atoms with Crippen molar-refractivity contribution in [3.05, 3.63) is 82.1 Å². The van der Waals surface area contributed by atoms with Gasteiger partial charge in [0, 0.05) is 49.8 Å². The molecule has 1 unspecified atom stereocenters. The second-order valence-electron chi connectivity index (χ2n) is 9.80. The lowest BCUT2D eigenvalue weighted by molar-refractivity contribution is -0.140. The fourth-order valence-electron chi connectivity index (χ4n) is 5.28. The van der Waals surface area contributed by atoms with E-state index in [2.05, 4.69) is 11.8 Å².